The minimum atomic E-state index is -3.77. The number of ether oxygens (including phenoxy) is 1. The molecule has 0 atom stereocenters. The van der Waals surface area contributed by atoms with Gasteiger partial charge in [0.15, 0.2) is 5.13 Å². The van der Waals surface area contributed by atoms with Crippen molar-refractivity contribution in [2.24, 2.45) is 0 Å². The second-order valence-electron chi connectivity index (χ2n) is 6.05. The highest BCUT2D eigenvalue weighted by Gasteiger charge is 2.21. The minimum Gasteiger partial charge on any atom is -0.494 e. The highest BCUT2D eigenvalue weighted by Crippen LogP contribution is 2.31. The molecular formula is C18H17N3O4S2. The molecule has 0 saturated carbocycles. The van der Waals surface area contributed by atoms with E-state index in [4.69, 9.17) is 4.74 Å². The molecule has 1 aliphatic rings. The predicted molar refractivity (Wildman–Crippen MR) is 105 cm³/mol. The van der Waals surface area contributed by atoms with Crippen LogP contribution in [-0.4, -0.2) is 25.9 Å². The van der Waals surface area contributed by atoms with Gasteiger partial charge in [-0.15, -0.1) is 0 Å². The summed E-state index contributed by atoms with van der Waals surface area (Å²) >= 11 is 1.25. The maximum absolute atomic E-state index is 12.7. The Labute approximate surface area is 160 Å². The third-order valence-corrected chi connectivity index (χ3v) is 6.57. The lowest BCUT2D eigenvalue weighted by atomic mass is 10.0. The maximum atomic E-state index is 12.7. The number of hydrogen-bond acceptors (Lipinski definition) is 6. The first-order valence-corrected chi connectivity index (χ1v) is 10.7. The number of rotatable bonds is 5. The molecule has 0 fully saturated rings. The van der Waals surface area contributed by atoms with Crippen molar-refractivity contribution >= 4 is 48.3 Å². The number of fused-ring (bicyclic) bond motifs is 2. The number of aryl methyl sites for hydroxylation is 1. The van der Waals surface area contributed by atoms with Crippen LogP contribution in [0.25, 0.3) is 10.2 Å². The molecule has 2 heterocycles. The fourth-order valence-electron chi connectivity index (χ4n) is 2.91. The van der Waals surface area contributed by atoms with E-state index in [-0.39, 0.29) is 10.8 Å². The molecule has 7 nitrogen and oxygen atoms in total. The minimum absolute atomic E-state index is 0.0582. The van der Waals surface area contributed by atoms with Crippen molar-refractivity contribution < 1.29 is 17.9 Å². The van der Waals surface area contributed by atoms with Crippen LogP contribution >= 0.6 is 11.3 Å². The molecule has 1 amide bonds. The van der Waals surface area contributed by atoms with Crippen molar-refractivity contribution in [2.75, 3.05) is 16.6 Å². The maximum Gasteiger partial charge on any atom is 0.263 e. The molecule has 0 aliphatic carbocycles. The van der Waals surface area contributed by atoms with Crippen molar-refractivity contribution in [3.63, 3.8) is 0 Å². The summed E-state index contributed by atoms with van der Waals surface area (Å²) in [5.74, 6) is 0.664. The standard InChI is InChI=1S/C18H17N3O4S2/c1-2-25-12-4-6-15-16(10-12)26-18(20-15)21-27(23,24)13-5-7-14-11(9-13)3-8-17(22)19-14/h4-7,9-10H,2-3,8H2,1H3,(H,19,22)(H,20,21). The third kappa shape index (κ3) is 3.60. The summed E-state index contributed by atoms with van der Waals surface area (Å²) in [7, 11) is -3.77. The number of anilines is 2. The second-order valence-corrected chi connectivity index (χ2v) is 8.77. The molecule has 27 heavy (non-hydrogen) atoms. The normalized spacial score (nSPS) is 13.9. The Hall–Kier alpha value is -2.65. The summed E-state index contributed by atoms with van der Waals surface area (Å²) in [4.78, 5) is 15.9. The van der Waals surface area contributed by atoms with Gasteiger partial charge in [0.2, 0.25) is 5.91 Å². The van der Waals surface area contributed by atoms with Gasteiger partial charge in [0.05, 0.1) is 21.7 Å². The van der Waals surface area contributed by atoms with Crippen LogP contribution in [0, 0.1) is 0 Å². The Morgan fingerprint density at radius 1 is 1.22 bits per heavy atom. The van der Waals surface area contributed by atoms with Crippen LogP contribution in [0.4, 0.5) is 10.8 Å². The number of benzene rings is 2. The van der Waals surface area contributed by atoms with E-state index >= 15 is 0 Å². The smallest absolute Gasteiger partial charge is 0.263 e. The predicted octanol–water partition coefficient (Wildman–Crippen LogP) is 3.38. The topological polar surface area (TPSA) is 97.4 Å². The summed E-state index contributed by atoms with van der Waals surface area (Å²) in [6.07, 6.45) is 0.871. The number of sulfonamides is 1. The average Bonchev–Trinajstić information content (AvgIpc) is 3.02. The van der Waals surface area contributed by atoms with Gasteiger partial charge < -0.3 is 10.1 Å². The molecule has 0 bridgehead atoms. The molecule has 0 radical (unpaired) electrons. The Kier molecular flexibility index (Phi) is 4.48. The molecule has 2 aromatic carbocycles. The lowest BCUT2D eigenvalue weighted by Gasteiger charge is -2.17. The zero-order valence-corrected chi connectivity index (χ0v) is 16.1. The van der Waals surface area contributed by atoms with Crippen LogP contribution < -0.4 is 14.8 Å². The fourth-order valence-corrected chi connectivity index (χ4v) is 5.09. The first-order valence-electron chi connectivity index (χ1n) is 8.43. The van der Waals surface area contributed by atoms with Crippen molar-refractivity contribution in [1.82, 2.24) is 4.98 Å². The number of nitrogens with zero attached hydrogens (tertiary/aromatic N) is 1. The van der Waals surface area contributed by atoms with Crippen LogP contribution in [0.5, 0.6) is 5.75 Å². The van der Waals surface area contributed by atoms with Crippen LogP contribution in [0.15, 0.2) is 41.3 Å². The lowest BCUT2D eigenvalue weighted by Crippen LogP contribution is -2.20. The van der Waals surface area contributed by atoms with E-state index < -0.39 is 10.0 Å². The van der Waals surface area contributed by atoms with Crippen LogP contribution in [0.3, 0.4) is 0 Å². The van der Waals surface area contributed by atoms with E-state index in [1.807, 2.05) is 19.1 Å². The molecule has 4 rings (SSSR count). The number of hydrogen-bond donors (Lipinski definition) is 2. The van der Waals surface area contributed by atoms with E-state index in [1.165, 1.54) is 17.4 Å². The number of thiazole rings is 1. The van der Waals surface area contributed by atoms with Crippen molar-refractivity contribution in [3.05, 3.63) is 42.0 Å². The molecular weight excluding hydrogens is 386 g/mol. The van der Waals surface area contributed by atoms with Gasteiger partial charge in [-0.3, -0.25) is 9.52 Å². The van der Waals surface area contributed by atoms with E-state index in [0.717, 1.165) is 16.0 Å². The van der Waals surface area contributed by atoms with Crippen molar-refractivity contribution in [2.45, 2.75) is 24.7 Å². The first kappa shape index (κ1) is 17.7. The molecule has 2 N–H and O–H groups in total. The lowest BCUT2D eigenvalue weighted by molar-refractivity contribution is -0.116. The molecule has 0 saturated heterocycles. The summed E-state index contributed by atoms with van der Waals surface area (Å²) < 4.78 is 34.3. The van der Waals surface area contributed by atoms with Gasteiger partial charge in [-0.2, -0.15) is 0 Å². The average molecular weight is 403 g/mol. The summed E-state index contributed by atoms with van der Waals surface area (Å²) in [6.45, 7) is 2.46. The number of carbonyl (C=O) groups excluding carboxylic acids is 1. The van der Waals surface area contributed by atoms with E-state index in [9.17, 15) is 13.2 Å². The van der Waals surface area contributed by atoms with E-state index in [2.05, 4.69) is 15.0 Å². The zero-order chi connectivity index (χ0) is 19.0. The Morgan fingerprint density at radius 2 is 2.07 bits per heavy atom. The molecule has 1 aromatic heterocycles. The quantitative estimate of drug-likeness (QED) is 0.681. The van der Waals surface area contributed by atoms with Crippen LogP contribution in [0.2, 0.25) is 0 Å². The molecule has 0 spiro atoms. The fraction of sp³-hybridized carbons (Fsp3) is 0.222. The van der Waals surface area contributed by atoms with Gasteiger partial charge in [-0.05, 0) is 55.3 Å². The van der Waals surface area contributed by atoms with Gasteiger partial charge in [0.1, 0.15) is 5.75 Å². The van der Waals surface area contributed by atoms with Gasteiger partial charge in [-0.1, -0.05) is 11.3 Å². The Balaban J connectivity index is 1.61. The highest BCUT2D eigenvalue weighted by atomic mass is 32.2. The Morgan fingerprint density at radius 3 is 2.89 bits per heavy atom. The molecule has 140 valence electrons. The van der Waals surface area contributed by atoms with Crippen molar-refractivity contribution in [3.8, 4) is 5.75 Å². The molecule has 9 heteroatoms. The number of amides is 1. The van der Waals surface area contributed by atoms with Crippen LogP contribution in [0.1, 0.15) is 18.9 Å². The van der Waals surface area contributed by atoms with Crippen LogP contribution in [-0.2, 0) is 21.2 Å². The zero-order valence-electron chi connectivity index (χ0n) is 14.5. The number of nitrogens with one attached hydrogen (secondary N) is 2. The first-order chi connectivity index (χ1) is 12.9. The SMILES string of the molecule is CCOc1ccc2nc(NS(=O)(=O)c3ccc4c(c3)CCC(=O)N4)sc2c1. The van der Waals surface area contributed by atoms with Gasteiger partial charge in [0, 0.05) is 12.1 Å². The van der Waals surface area contributed by atoms with Gasteiger partial charge in [-0.25, -0.2) is 13.4 Å². The summed E-state index contributed by atoms with van der Waals surface area (Å²) in [6, 6.07) is 10.1. The van der Waals surface area contributed by atoms with Gasteiger partial charge >= 0.3 is 0 Å². The Bertz CT molecular complexity index is 1140. The van der Waals surface area contributed by atoms with E-state index in [0.29, 0.717) is 35.8 Å². The second kappa shape index (κ2) is 6.82. The number of carbonyl (C=O) groups is 1. The van der Waals surface area contributed by atoms with E-state index in [1.54, 1.807) is 18.2 Å². The summed E-state index contributed by atoms with van der Waals surface area (Å²) in [5.41, 5.74) is 2.17. The molecule has 1 aliphatic heterocycles. The monoisotopic (exact) mass is 403 g/mol. The molecule has 0 unspecified atom stereocenters. The van der Waals surface area contributed by atoms with Gasteiger partial charge in [0.25, 0.3) is 10.0 Å². The largest absolute Gasteiger partial charge is 0.494 e. The van der Waals surface area contributed by atoms with Crippen molar-refractivity contribution in [1.29, 1.82) is 0 Å². The number of aromatic nitrogens is 1. The highest BCUT2D eigenvalue weighted by molar-refractivity contribution is 7.93. The molecule has 3 aromatic rings. The third-order valence-electron chi connectivity index (χ3n) is 4.18. The summed E-state index contributed by atoms with van der Waals surface area (Å²) in [5, 5.41) is 3.04.